The molecule has 25 heavy (non-hydrogen) atoms. The summed E-state index contributed by atoms with van der Waals surface area (Å²) >= 11 is 5.94. The average Bonchev–Trinajstić information content (AvgIpc) is 2.67. The Morgan fingerprint density at radius 1 is 0.920 bits per heavy atom. The van der Waals surface area contributed by atoms with Crippen LogP contribution in [0.5, 0.6) is 11.5 Å². The predicted molar refractivity (Wildman–Crippen MR) is 99.1 cm³/mol. The van der Waals surface area contributed by atoms with E-state index in [9.17, 15) is 4.79 Å². The second-order valence-corrected chi connectivity index (χ2v) is 6.26. The van der Waals surface area contributed by atoms with E-state index in [0.29, 0.717) is 30.2 Å². The van der Waals surface area contributed by atoms with Crippen LogP contribution in [0.1, 0.15) is 10.4 Å². The molecule has 0 radical (unpaired) electrons. The second kappa shape index (κ2) is 7.66. The van der Waals surface area contributed by atoms with Crippen molar-refractivity contribution in [3.63, 3.8) is 0 Å². The van der Waals surface area contributed by atoms with Gasteiger partial charge in [-0.1, -0.05) is 11.6 Å². The fourth-order valence-corrected chi connectivity index (χ4v) is 3.10. The number of methoxy groups -OCH3 is 2. The molecule has 1 heterocycles. The summed E-state index contributed by atoms with van der Waals surface area (Å²) in [5.41, 5.74) is 1.74. The molecular formula is C19H21ClN2O3. The molecule has 5 nitrogen and oxygen atoms in total. The van der Waals surface area contributed by atoms with E-state index in [1.165, 1.54) is 0 Å². The smallest absolute Gasteiger partial charge is 0.254 e. The lowest BCUT2D eigenvalue weighted by atomic mass is 10.1. The highest BCUT2D eigenvalue weighted by Crippen LogP contribution is 2.28. The van der Waals surface area contributed by atoms with Crippen LogP contribution in [0.4, 0.5) is 5.69 Å². The maximum atomic E-state index is 12.7. The molecule has 0 unspecified atom stereocenters. The van der Waals surface area contributed by atoms with Gasteiger partial charge in [0.05, 0.1) is 14.2 Å². The van der Waals surface area contributed by atoms with E-state index in [4.69, 9.17) is 21.1 Å². The summed E-state index contributed by atoms with van der Waals surface area (Å²) in [4.78, 5) is 16.9. The summed E-state index contributed by atoms with van der Waals surface area (Å²) in [5, 5.41) is 0.728. The van der Waals surface area contributed by atoms with Gasteiger partial charge in [-0.3, -0.25) is 4.79 Å². The van der Waals surface area contributed by atoms with Crippen molar-refractivity contribution in [1.29, 1.82) is 0 Å². The Kier molecular flexibility index (Phi) is 5.34. The molecule has 1 saturated heterocycles. The van der Waals surface area contributed by atoms with Crippen molar-refractivity contribution in [2.45, 2.75) is 0 Å². The van der Waals surface area contributed by atoms with Gasteiger partial charge in [0.1, 0.15) is 0 Å². The molecule has 2 aromatic carbocycles. The zero-order valence-corrected chi connectivity index (χ0v) is 15.1. The molecular weight excluding hydrogens is 340 g/mol. The average molecular weight is 361 g/mol. The van der Waals surface area contributed by atoms with E-state index < -0.39 is 0 Å². The Morgan fingerprint density at radius 3 is 2.16 bits per heavy atom. The van der Waals surface area contributed by atoms with E-state index in [1.54, 1.807) is 32.4 Å². The molecule has 1 fully saturated rings. The molecule has 3 rings (SSSR count). The number of nitrogens with zero attached hydrogens (tertiary/aromatic N) is 2. The van der Waals surface area contributed by atoms with E-state index in [2.05, 4.69) is 4.90 Å². The number of benzene rings is 2. The molecule has 0 aliphatic carbocycles. The van der Waals surface area contributed by atoms with Crippen LogP contribution >= 0.6 is 11.6 Å². The first-order valence-corrected chi connectivity index (χ1v) is 8.52. The molecule has 0 saturated carbocycles. The fourth-order valence-electron chi connectivity index (χ4n) is 2.97. The van der Waals surface area contributed by atoms with Gasteiger partial charge in [0.15, 0.2) is 11.5 Å². The van der Waals surface area contributed by atoms with Gasteiger partial charge in [-0.25, -0.2) is 0 Å². The third kappa shape index (κ3) is 3.82. The van der Waals surface area contributed by atoms with Crippen molar-refractivity contribution in [2.24, 2.45) is 0 Å². The van der Waals surface area contributed by atoms with Crippen LogP contribution in [-0.2, 0) is 0 Å². The summed E-state index contributed by atoms with van der Waals surface area (Å²) < 4.78 is 10.5. The minimum absolute atomic E-state index is 0.0108. The number of carbonyl (C=O) groups is 1. The Hall–Kier alpha value is -2.40. The van der Waals surface area contributed by atoms with Crippen molar-refractivity contribution in [3.8, 4) is 11.5 Å². The zero-order chi connectivity index (χ0) is 17.8. The normalized spacial score (nSPS) is 14.4. The molecule has 1 amide bonds. The number of rotatable bonds is 4. The highest BCUT2D eigenvalue weighted by Gasteiger charge is 2.23. The summed E-state index contributed by atoms with van der Waals surface area (Å²) in [7, 11) is 3.15. The number of hydrogen-bond acceptors (Lipinski definition) is 4. The molecule has 1 aliphatic rings. The van der Waals surface area contributed by atoms with Crippen LogP contribution in [0.25, 0.3) is 0 Å². The van der Waals surface area contributed by atoms with Crippen molar-refractivity contribution in [2.75, 3.05) is 45.3 Å². The largest absolute Gasteiger partial charge is 0.493 e. The van der Waals surface area contributed by atoms with Gasteiger partial charge in [0.2, 0.25) is 0 Å². The van der Waals surface area contributed by atoms with E-state index in [-0.39, 0.29) is 5.91 Å². The molecule has 6 heteroatoms. The highest BCUT2D eigenvalue weighted by atomic mass is 35.5. The van der Waals surface area contributed by atoms with Crippen molar-refractivity contribution >= 4 is 23.2 Å². The lowest BCUT2D eigenvalue weighted by molar-refractivity contribution is 0.0746. The first kappa shape index (κ1) is 17.4. The minimum atomic E-state index is 0.0108. The zero-order valence-electron chi connectivity index (χ0n) is 14.4. The van der Waals surface area contributed by atoms with Crippen molar-refractivity contribution < 1.29 is 14.3 Å². The molecule has 132 valence electrons. The number of ether oxygens (including phenoxy) is 2. The topological polar surface area (TPSA) is 42.0 Å². The molecule has 0 bridgehead atoms. The summed E-state index contributed by atoms with van der Waals surface area (Å²) in [6, 6.07) is 13.1. The maximum absolute atomic E-state index is 12.7. The molecule has 1 aliphatic heterocycles. The Morgan fingerprint density at radius 2 is 1.56 bits per heavy atom. The number of anilines is 1. The second-order valence-electron chi connectivity index (χ2n) is 5.83. The Bertz CT molecular complexity index is 741. The van der Waals surface area contributed by atoms with E-state index in [1.807, 2.05) is 29.2 Å². The van der Waals surface area contributed by atoms with Gasteiger partial charge < -0.3 is 19.3 Å². The predicted octanol–water partition coefficient (Wildman–Crippen LogP) is 3.32. The van der Waals surface area contributed by atoms with Gasteiger partial charge in [0, 0.05) is 42.5 Å². The summed E-state index contributed by atoms with van der Waals surface area (Å²) in [6.07, 6.45) is 0. The maximum Gasteiger partial charge on any atom is 0.254 e. The molecule has 0 atom stereocenters. The van der Waals surface area contributed by atoms with Gasteiger partial charge >= 0.3 is 0 Å². The first-order valence-electron chi connectivity index (χ1n) is 8.14. The van der Waals surface area contributed by atoms with E-state index in [0.717, 1.165) is 23.8 Å². The van der Waals surface area contributed by atoms with Crippen LogP contribution in [0.3, 0.4) is 0 Å². The molecule has 2 aromatic rings. The van der Waals surface area contributed by atoms with Gasteiger partial charge in [-0.05, 0) is 42.5 Å². The number of hydrogen-bond donors (Lipinski definition) is 0. The molecule has 0 aromatic heterocycles. The first-order chi connectivity index (χ1) is 12.1. The SMILES string of the molecule is COc1ccc(C(=O)N2CCN(c3ccc(Cl)cc3)CC2)cc1OC. The van der Waals surface area contributed by atoms with Crippen LogP contribution in [0.2, 0.25) is 5.02 Å². The number of amides is 1. The van der Waals surface area contributed by atoms with Crippen LogP contribution < -0.4 is 14.4 Å². The lowest BCUT2D eigenvalue weighted by Gasteiger charge is -2.36. The van der Waals surface area contributed by atoms with Crippen LogP contribution in [-0.4, -0.2) is 51.2 Å². The van der Waals surface area contributed by atoms with Gasteiger partial charge in [0.25, 0.3) is 5.91 Å². The third-order valence-electron chi connectivity index (χ3n) is 4.39. The number of carbonyl (C=O) groups excluding carboxylic acids is 1. The Balaban J connectivity index is 1.66. The van der Waals surface area contributed by atoms with Crippen molar-refractivity contribution in [1.82, 2.24) is 4.90 Å². The highest BCUT2D eigenvalue weighted by molar-refractivity contribution is 6.30. The molecule has 0 N–H and O–H groups in total. The number of piperazine rings is 1. The molecule has 0 spiro atoms. The van der Waals surface area contributed by atoms with Crippen molar-refractivity contribution in [3.05, 3.63) is 53.1 Å². The third-order valence-corrected chi connectivity index (χ3v) is 4.64. The Labute approximate surface area is 152 Å². The van der Waals surface area contributed by atoms with Crippen LogP contribution in [0.15, 0.2) is 42.5 Å². The monoisotopic (exact) mass is 360 g/mol. The fraction of sp³-hybridized carbons (Fsp3) is 0.316. The van der Waals surface area contributed by atoms with Gasteiger partial charge in [-0.15, -0.1) is 0 Å². The summed E-state index contributed by atoms with van der Waals surface area (Å²) in [5.74, 6) is 1.19. The summed E-state index contributed by atoms with van der Waals surface area (Å²) in [6.45, 7) is 2.94. The van der Waals surface area contributed by atoms with Gasteiger partial charge in [-0.2, -0.15) is 0 Å². The quantitative estimate of drug-likeness (QED) is 0.838. The number of halogens is 1. The van der Waals surface area contributed by atoms with E-state index >= 15 is 0 Å². The minimum Gasteiger partial charge on any atom is -0.493 e. The van der Waals surface area contributed by atoms with Crippen LogP contribution in [0, 0.1) is 0 Å². The lowest BCUT2D eigenvalue weighted by Crippen LogP contribution is -2.48. The standard InChI is InChI=1S/C19H21ClN2O3/c1-24-17-8-3-14(13-18(17)25-2)19(23)22-11-9-21(10-12-22)16-6-4-15(20)5-7-16/h3-8,13H,9-12H2,1-2H3.